The van der Waals surface area contributed by atoms with Crippen LogP contribution >= 0.6 is 11.3 Å². The van der Waals surface area contributed by atoms with Crippen LogP contribution < -0.4 is 4.72 Å². The highest BCUT2D eigenvalue weighted by Gasteiger charge is 2.15. The van der Waals surface area contributed by atoms with Gasteiger partial charge in [-0.3, -0.25) is 0 Å². The van der Waals surface area contributed by atoms with Crippen molar-refractivity contribution in [3.05, 3.63) is 45.4 Å². The van der Waals surface area contributed by atoms with Crippen molar-refractivity contribution in [2.45, 2.75) is 25.3 Å². The van der Waals surface area contributed by atoms with Crippen molar-refractivity contribution in [3.63, 3.8) is 0 Å². The second-order valence-electron chi connectivity index (χ2n) is 4.27. The fraction of sp³-hybridized carbons (Fsp3) is 0.231. The molecule has 7 heteroatoms. The molecule has 0 saturated heterocycles. The van der Waals surface area contributed by atoms with E-state index in [1.165, 1.54) is 29.5 Å². The lowest BCUT2D eigenvalue weighted by atomic mass is 10.1. The number of aryl methyl sites for hydroxylation is 2. The number of hydrogen-bond donors (Lipinski definition) is 1. The molecule has 5 nitrogen and oxygen atoms in total. The van der Waals surface area contributed by atoms with Crippen LogP contribution in [0.15, 0.2) is 28.5 Å². The van der Waals surface area contributed by atoms with Crippen LogP contribution in [0.3, 0.4) is 0 Å². The molecule has 0 fully saturated rings. The molecule has 1 N–H and O–H groups in total. The van der Waals surface area contributed by atoms with Gasteiger partial charge in [0.2, 0.25) is 10.0 Å². The van der Waals surface area contributed by atoms with Gasteiger partial charge >= 0.3 is 0 Å². The zero-order valence-corrected chi connectivity index (χ0v) is 12.7. The maximum Gasteiger partial charge on any atom is 0.240 e. The van der Waals surface area contributed by atoms with Crippen LogP contribution in [0.1, 0.15) is 21.8 Å². The topological polar surface area (TPSA) is 82.8 Å². The quantitative estimate of drug-likeness (QED) is 0.937. The number of nitriles is 1. The van der Waals surface area contributed by atoms with E-state index >= 15 is 0 Å². The predicted molar refractivity (Wildman–Crippen MR) is 76.8 cm³/mol. The lowest BCUT2D eigenvalue weighted by molar-refractivity contribution is 0.580. The highest BCUT2D eigenvalue weighted by atomic mass is 32.2. The van der Waals surface area contributed by atoms with Crippen molar-refractivity contribution < 1.29 is 8.42 Å². The normalized spacial score (nSPS) is 11.2. The van der Waals surface area contributed by atoms with Crippen LogP contribution in [0.2, 0.25) is 0 Å². The average Bonchev–Trinajstić information content (AvgIpc) is 2.82. The van der Waals surface area contributed by atoms with Gasteiger partial charge in [-0.25, -0.2) is 18.1 Å². The smallest absolute Gasteiger partial charge is 0.240 e. The molecule has 0 atom stereocenters. The number of nitrogens with one attached hydrogen (secondary N) is 1. The first-order chi connectivity index (χ1) is 9.42. The second-order valence-corrected chi connectivity index (χ2v) is 7.10. The summed E-state index contributed by atoms with van der Waals surface area (Å²) in [7, 11) is -3.59. The number of nitrogens with zero attached hydrogens (tertiary/aromatic N) is 2. The van der Waals surface area contributed by atoms with Crippen molar-refractivity contribution in [1.29, 1.82) is 5.26 Å². The van der Waals surface area contributed by atoms with E-state index in [0.717, 1.165) is 5.01 Å². The molecular weight excluding hydrogens is 294 g/mol. The Kier molecular flexibility index (Phi) is 4.18. The first-order valence-electron chi connectivity index (χ1n) is 5.84. The number of benzene rings is 1. The highest BCUT2D eigenvalue weighted by Crippen LogP contribution is 2.15. The monoisotopic (exact) mass is 307 g/mol. The number of rotatable bonds is 4. The molecule has 0 spiro atoms. The van der Waals surface area contributed by atoms with E-state index in [0.29, 0.717) is 16.8 Å². The minimum atomic E-state index is -3.59. The average molecular weight is 307 g/mol. The zero-order chi connectivity index (χ0) is 14.8. The fourth-order valence-corrected chi connectivity index (χ4v) is 3.37. The molecule has 2 rings (SSSR count). The van der Waals surface area contributed by atoms with Gasteiger partial charge in [0.1, 0.15) is 0 Å². The van der Waals surface area contributed by atoms with E-state index in [1.54, 1.807) is 6.92 Å². The van der Waals surface area contributed by atoms with Crippen molar-refractivity contribution >= 4 is 21.4 Å². The fourth-order valence-electron chi connectivity index (χ4n) is 1.67. The molecule has 0 aliphatic carbocycles. The molecule has 1 aromatic heterocycles. The Morgan fingerprint density at radius 1 is 1.40 bits per heavy atom. The van der Waals surface area contributed by atoms with Gasteiger partial charge in [0.25, 0.3) is 0 Å². The zero-order valence-electron chi connectivity index (χ0n) is 11.0. The van der Waals surface area contributed by atoms with Crippen LogP contribution in [0.4, 0.5) is 0 Å². The molecule has 0 amide bonds. The van der Waals surface area contributed by atoms with Gasteiger partial charge in [0.05, 0.1) is 33.8 Å². The van der Waals surface area contributed by atoms with Gasteiger partial charge < -0.3 is 0 Å². The third kappa shape index (κ3) is 3.22. The number of thiazole rings is 1. The summed E-state index contributed by atoms with van der Waals surface area (Å²) >= 11 is 1.48. The van der Waals surface area contributed by atoms with E-state index in [-0.39, 0.29) is 11.4 Å². The summed E-state index contributed by atoms with van der Waals surface area (Å²) in [5.41, 5.74) is 1.81. The summed E-state index contributed by atoms with van der Waals surface area (Å²) in [6, 6.07) is 6.45. The predicted octanol–water partition coefficient (Wildman–Crippen LogP) is 2.11. The molecule has 0 aliphatic heterocycles. The Morgan fingerprint density at radius 2 is 2.15 bits per heavy atom. The Balaban J connectivity index is 2.18. The van der Waals surface area contributed by atoms with Gasteiger partial charge in [0, 0.05) is 5.38 Å². The summed E-state index contributed by atoms with van der Waals surface area (Å²) in [5.74, 6) is 0. The summed E-state index contributed by atoms with van der Waals surface area (Å²) in [4.78, 5) is 4.35. The minimum absolute atomic E-state index is 0.154. The van der Waals surface area contributed by atoms with Gasteiger partial charge in [-0.2, -0.15) is 5.26 Å². The number of sulfonamides is 1. The van der Waals surface area contributed by atoms with Crippen molar-refractivity contribution in [1.82, 2.24) is 9.71 Å². The molecule has 0 radical (unpaired) electrons. The van der Waals surface area contributed by atoms with E-state index in [4.69, 9.17) is 5.26 Å². The molecule has 0 saturated carbocycles. The van der Waals surface area contributed by atoms with E-state index in [9.17, 15) is 8.42 Å². The van der Waals surface area contributed by atoms with E-state index in [1.807, 2.05) is 18.4 Å². The third-order valence-electron chi connectivity index (χ3n) is 2.74. The molecule has 1 aromatic carbocycles. The first kappa shape index (κ1) is 14.7. The molecule has 2 aromatic rings. The number of hydrogen-bond acceptors (Lipinski definition) is 5. The van der Waals surface area contributed by atoms with Crippen LogP contribution in [0.25, 0.3) is 0 Å². The molecular formula is C13H13N3O2S2. The van der Waals surface area contributed by atoms with Crippen LogP contribution in [0.5, 0.6) is 0 Å². The molecule has 20 heavy (non-hydrogen) atoms. The van der Waals surface area contributed by atoms with Gasteiger partial charge in [-0.1, -0.05) is 0 Å². The number of aromatic nitrogens is 1. The summed E-state index contributed by atoms with van der Waals surface area (Å²) in [6.07, 6.45) is 0. The standard InChI is InChI=1S/C13H13N3O2S2/c1-9-5-13(4-3-11(9)6-14)20(17,18)15-7-12-8-19-10(2)16-12/h3-5,8,15H,7H2,1-2H3. The maximum absolute atomic E-state index is 12.1. The molecule has 104 valence electrons. The largest absolute Gasteiger partial charge is 0.245 e. The second kappa shape index (κ2) is 5.71. The maximum atomic E-state index is 12.1. The van der Waals surface area contributed by atoms with Crippen LogP contribution in [0, 0.1) is 25.2 Å². The van der Waals surface area contributed by atoms with Gasteiger partial charge in [-0.05, 0) is 37.6 Å². The molecule has 0 aliphatic rings. The summed E-state index contributed by atoms with van der Waals surface area (Å²) in [5, 5.41) is 11.6. The van der Waals surface area contributed by atoms with E-state index < -0.39 is 10.0 Å². The van der Waals surface area contributed by atoms with Crippen molar-refractivity contribution in [2.75, 3.05) is 0 Å². The summed E-state index contributed by atoms with van der Waals surface area (Å²) in [6.45, 7) is 3.74. The molecule has 0 unspecified atom stereocenters. The van der Waals surface area contributed by atoms with Crippen LogP contribution in [-0.4, -0.2) is 13.4 Å². The third-order valence-corrected chi connectivity index (χ3v) is 4.96. The van der Waals surface area contributed by atoms with Crippen molar-refractivity contribution in [2.24, 2.45) is 0 Å². The lowest BCUT2D eigenvalue weighted by Crippen LogP contribution is -2.23. The Morgan fingerprint density at radius 3 is 2.70 bits per heavy atom. The lowest BCUT2D eigenvalue weighted by Gasteiger charge is -2.07. The van der Waals surface area contributed by atoms with Crippen molar-refractivity contribution in [3.8, 4) is 6.07 Å². The van der Waals surface area contributed by atoms with Crippen LogP contribution in [-0.2, 0) is 16.6 Å². The Bertz CT molecular complexity index is 773. The molecule has 0 bridgehead atoms. The Hall–Kier alpha value is -1.75. The first-order valence-corrected chi connectivity index (χ1v) is 8.20. The van der Waals surface area contributed by atoms with Gasteiger partial charge in [-0.15, -0.1) is 11.3 Å². The SMILES string of the molecule is Cc1nc(CNS(=O)(=O)c2ccc(C#N)c(C)c2)cs1. The van der Waals surface area contributed by atoms with Gasteiger partial charge in [0.15, 0.2) is 0 Å². The molecule has 1 heterocycles. The minimum Gasteiger partial charge on any atom is -0.245 e. The summed E-state index contributed by atoms with van der Waals surface area (Å²) < 4.78 is 26.8. The highest BCUT2D eigenvalue weighted by molar-refractivity contribution is 7.89. The van der Waals surface area contributed by atoms with E-state index in [2.05, 4.69) is 9.71 Å². The Labute approximate surface area is 122 Å².